The normalized spacial score (nSPS) is 19.7. The second-order valence-corrected chi connectivity index (χ2v) is 13.3. The van der Waals surface area contributed by atoms with Crippen molar-refractivity contribution in [2.24, 2.45) is 11.8 Å². The number of hydrogen-bond donors (Lipinski definition) is 2. The number of amides is 3. The molecule has 3 aromatic rings. The van der Waals surface area contributed by atoms with Crippen molar-refractivity contribution in [1.29, 1.82) is 0 Å². The molecule has 2 aliphatic rings. The molecule has 7 nitrogen and oxygen atoms in total. The van der Waals surface area contributed by atoms with Gasteiger partial charge in [-0.2, -0.15) is 0 Å². The minimum Gasteiger partial charge on any atom is -0.497 e. The predicted molar refractivity (Wildman–Crippen MR) is 168 cm³/mol. The fourth-order valence-electron chi connectivity index (χ4n) is 6.39. The van der Waals surface area contributed by atoms with Crippen LogP contribution in [0.3, 0.4) is 0 Å². The summed E-state index contributed by atoms with van der Waals surface area (Å²) >= 11 is 0. The van der Waals surface area contributed by atoms with E-state index < -0.39 is 23.7 Å². The van der Waals surface area contributed by atoms with E-state index in [0.29, 0.717) is 24.8 Å². The van der Waals surface area contributed by atoms with Crippen molar-refractivity contribution in [2.45, 2.75) is 77.5 Å². The van der Waals surface area contributed by atoms with Crippen LogP contribution >= 0.6 is 0 Å². The number of nitrogens with zero attached hydrogens (tertiary/aromatic N) is 1. The molecule has 3 unspecified atom stereocenters. The van der Waals surface area contributed by atoms with Crippen LogP contribution in [-0.4, -0.2) is 47.4 Å². The van der Waals surface area contributed by atoms with Crippen LogP contribution in [0.5, 0.6) is 5.75 Å². The van der Waals surface area contributed by atoms with Crippen molar-refractivity contribution < 1.29 is 19.1 Å². The molecule has 3 atom stereocenters. The molecule has 43 heavy (non-hydrogen) atoms. The first-order valence-electron chi connectivity index (χ1n) is 15.2. The molecule has 1 heterocycles. The van der Waals surface area contributed by atoms with E-state index in [4.69, 9.17) is 4.74 Å². The average Bonchev–Trinajstić information content (AvgIpc) is 3.40. The molecule has 2 N–H and O–H groups in total. The van der Waals surface area contributed by atoms with Gasteiger partial charge in [-0.1, -0.05) is 74.5 Å². The summed E-state index contributed by atoms with van der Waals surface area (Å²) in [5.74, 6) is 0.156. The van der Waals surface area contributed by atoms with Crippen molar-refractivity contribution in [3.8, 4) is 16.9 Å². The average molecular weight is 582 g/mol. The van der Waals surface area contributed by atoms with Gasteiger partial charge < -0.3 is 20.3 Å². The molecular formula is C36H43N3O4. The zero-order valence-corrected chi connectivity index (χ0v) is 26.0. The molecule has 7 heteroatoms. The summed E-state index contributed by atoms with van der Waals surface area (Å²) in [5.41, 5.74) is 4.55. The molecule has 0 radical (unpaired) electrons. The van der Waals surface area contributed by atoms with Gasteiger partial charge in [-0.15, -0.1) is 0 Å². The van der Waals surface area contributed by atoms with Gasteiger partial charge in [-0.3, -0.25) is 14.4 Å². The summed E-state index contributed by atoms with van der Waals surface area (Å²) in [6.45, 7) is 9.82. The molecule has 0 aromatic heterocycles. The minimum absolute atomic E-state index is 0.0693. The van der Waals surface area contributed by atoms with E-state index in [2.05, 4.69) is 22.8 Å². The summed E-state index contributed by atoms with van der Waals surface area (Å²) in [4.78, 5) is 44.1. The Balaban J connectivity index is 1.54. The van der Waals surface area contributed by atoms with E-state index in [0.717, 1.165) is 16.9 Å². The molecule has 226 valence electrons. The quantitative estimate of drug-likeness (QED) is 0.369. The van der Waals surface area contributed by atoms with Crippen LogP contribution < -0.4 is 15.4 Å². The monoisotopic (exact) mass is 581 g/mol. The predicted octanol–water partition coefficient (Wildman–Crippen LogP) is 5.47. The molecule has 1 saturated heterocycles. The van der Waals surface area contributed by atoms with Gasteiger partial charge in [0.2, 0.25) is 17.7 Å². The van der Waals surface area contributed by atoms with Crippen molar-refractivity contribution >= 4 is 17.7 Å². The number of hydrogen-bond acceptors (Lipinski definition) is 4. The first-order valence-corrected chi connectivity index (χ1v) is 15.2. The second-order valence-electron chi connectivity index (χ2n) is 13.3. The SMILES string of the molecule is COc1ccc(-c2ccc(C(C(=O)NC(C)(C)C)N3C(=O)C(C4Cc5ccccc5C4)NC(=O)C3CC(C)C)cc2)cc1. The molecule has 0 bridgehead atoms. The number of carbonyl (C=O) groups is 3. The first-order chi connectivity index (χ1) is 20.4. The third-order valence-corrected chi connectivity index (χ3v) is 8.38. The van der Waals surface area contributed by atoms with Crippen LogP contribution in [0.15, 0.2) is 72.8 Å². The number of methoxy groups -OCH3 is 1. The summed E-state index contributed by atoms with van der Waals surface area (Å²) in [6.07, 6.45) is 1.88. The standard InChI is InChI=1S/C36H43N3O4/c1-22(2)19-30-33(40)37-31(28-20-26-9-7-8-10-27(26)21-28)35(42)39(30)32(34(41)38-36(3,4)5)25-13-11-23(12-14-25)24-15-17-29(43-6)18-16-24/h7-18,22,28,30-32H,19-21H2,1-6H3,(H,37,40)(H,38,41). The molecule has 1 fully saturated rings. The van der Waals surface area contributed by atoms with Crippen LogP contribution in [0.4, 0.5) is 0 Å². The van der Waals surface area contributed by atoms with Crippen LogP contribution in [0.2, 0.25) is 0 Å². The van der Waals surface area contributed by atoms with E-state index >= 15 is 0 Å². The fraction of sp³-hybridized carbons (Fsp3) is 0.417. The van der Waals surface area contributed by atoms with E-state index in [1.807, 2.05) is 95.3 Å². The van der Waals surface area contributed by atoms with E-state index in [1.165, 1.54) is 11.1 Å². The molecule has 3 amide bonds. The van der Waals surface area contributed by atoms with Crippen LogP contribution in [0.25, 0.3) is 11.1 Å². The van der Waals surface area contributed by atoms with Gasteiger partial charge in [-0.05, 0) is 91.8 Å². The van der Waals surface area contributed by atoms with Gasteiger partial charge in [0.15, 0.2) is 0 Å². The Hall–Kier alpha value is -4.13. The maximum atomic E-state index is 14.6. The summed E-state index contributed by atoms with van der Waals surface area (Å²) in [5, 5.41) is 6.19. The largest absolute Gasteiger partial charge is 0.497 e. The minimum atomic E-state index is -0.960. The first kappa shape index (κ1) is 30.3. The lowest BCUT2D eigenvalue weighted by Gasteiger charge is -2.45. The number of carbonyl (C=O) groups excluding carboxylic acids is 3. The molecule has 1 aliphatic carbocycles. The highest BCUT2D eigenvalue weighted by atomic mass is 16.5. The lowest BCUT2D eigenvalue weighted by molar-refractivity contribution is -0.158. The van der Waals surface area contributed by atoms with Crippen molar-refractivity contribution in [3.63, 3.8) is 0 Å². The van der Waals surface area contributed by atoms with Gasteiger partial charge in [0, 0.05) is 5.54 Å². The zero-order chi connectivity index (χ0) is 30.9. The lowest BCUT2D eigenvalue weighted by Crippen LogP contribution is -2.67. The maximum absolute atomic E-state index is 14.6. The lowest BCUT2D eigenvalue weighted by atomic mass is 9.87. The fourth-order valence-corrected chi connectivity index (χ4v) is 6.39. The van der Waals surface area contributed by atoms with E-state index in [9.17, 15) is 14.4 Å². The maximum Gasteiger partial charge on any atom is 0.247 e. The molecule has 1 aliphatic heterocycles. The number of piperazine rings is 1. The second kappa shape index (κ2) is 12.2. The highest BCUT2D eigenvalue weighted by Gasteiger charge is 2.49. The number of fused-ring (bicyclic) bond motifs is 1. The molecule has 3 aromatic carbocycles. The smallest absolute Gasteiger partial charge is 0.247 e. The highest BCUT2D eigenvalue weighted by Crippen LogP contribution is 2.36. The third kappa shape index (κ3) is 6.61. The van der Waals surface area contributed by atoms with Gasteiger partial charge >= 0.3 is 0 Å². The van der Waals surface area contributed by atoms with Crippen LogP contribution in [0.1, 0.15) is 63.8 Å². The Morgan fingerprint density at radius 3 is 2.00 bits per heavy atom. The van der Waals surface area contributed by atoms with Gasteiger partial charge in [0.05, 0.1) is 7.11 Å². The van der Waals surface area contributed by atoms with Crippen molar-refractivity contribution in [1.82, 2.24) is 15.5 Å². The Morgan fingerprint density at radius 1 is 0.930 bits per heavy atom. The van der Waals surface area contributed by atoms with Crippen molar-refractivity contribution in [2.75, 3.05) is 7.11 Å². The molecular weight excluding hydrogens is 538 g/mol. The summed E-state index contributed by atoms with van der Waals surface area (Å²) in [6, 6.07) is 21.3. The van der Waals surface area contributed by atoms with Gasteiger partial charge in [-0.25, -0.2) is 0 Å². The van der Waals surface area contributed by atoms with E-state index in [-0.39, 0.29) is 29.6 Å². The Labute approximate surface area is 255 Å². The molecule has 0 spiro atoms. The zero-order valence-electron chi connectivity index (χ0n) is 26.0. The summed E-state index contributed by atoms with van der Waals surface area (Å²) in [7, 11) is 1.64. The Kier molecular flexibility index (Phi) is 8.63. The van der Waals surface area contributed by atoms with Gasteiger partial charge in [0.25, 0.3) is 0 Å². The van der Waals surface area contributed by atoms with Crippen molar-refractivity contribution in [3.05, 3.63) is 89.5 Å². The third-order valence-electron chi connectivity index (χ3n) is 8.38. The number of benzene rings is 3. The Morgan fingerprint density at radius 2 is 1.49 bits per heavy atom. The molecule has 0 saturated carbocycles. The van der Waals surface area contributed by atoms with Crippen LogP contribution in [-0.2, 0) is 27.2 Å². The highest BCUT2D eigenvalue weighted by molar-refractivity contribution is 6.00. The molecule has 5 rings (SSSR count). The Bertz CT molecular complexity index is 1450. The topological polar surface area (TPSA) is 87.7 Å². The van der Waals surface area contributed by atoms with Crippen LogP contribution in [0, 0.1) is 11.8 Å². The number of rotatable bonds is 8. The number of nitrogens with one attached hydrogen (secondary N) is 2. The summed E-state index contributed by atoms with van der Waals surface area (Å²) < 4.78 is 5.29. The number of ether oxygens (including phenoxy) is 1. The van der Waals surface area contributed by atoms with E-state index in [1.54, 1.807) is 12.0 Å². The van der Waals surface area contributed by atoms with Gasteiger partial charge in [0.1, 0.15) is 23.9 Å².